The smallest absolute Gasteiger partial charge is 0.204 e. The van der Waals surface area contributed by atoms with E-state index in [-0.39, 0.29) is 16.6 Å². The van der Waals surface area contributed by atoms with Crippen LogP contribution in [0.25, 0.3) is 21.9 Å². The maximum absolute atomic E-state index is 14.3. The largest absolute Gasteiger partial charge is 0.507 e. The molecule has 0 atom stereocenters. The predicted octanol–water partition coefficient (Wildman–Crippen LogP) is 8.44. The highest BCUT2D eigenvalue weighted by Gasteiger charge is 2.24. The van der Waals surface area contributed by atoms with E-state index in [1.807, 2.05) is 33.8 Å². The van der Waals surface area contributed by atoms with Gasteiger partial charge in [-0.1, -0.05) is 87.3 Å². The Morgan fingerprint density at radius 2 is 1.20 bits per heavy atom. The summed E-state index contributed by atoms with van der Waals surface area (Å²) >= 11 is 0. The summed E-state index contributed by atoms with van der Waals surface area (Å²) in [6.45, 7) is 9.18. The van der Waals surface area contributed by atoms with E-state index < -0.39 is 0 Å². The molecule has 46 heavy (non-hydrogen) atoms. The third-order valence-electron chi connectivity index (χ3n) is 8.45. The summed E-state index contributed by atoms with van der Waals surface area (Å²) < 4.78 is 24.9. The quantitative estimate of drug-likeness (QED) is 0.0551. The molecule has 1 heterocycles. The highest BCUT2D eigenvalue weighted by Crippen LogP contribution is 2.41. The molecule has 0 fully saturated rings. The number of ether oxygens (including phenoxy) is 3. The fourth-order valence-corrected chi connectivity index (χ4v) is 5.80. The first-order valence-corrected chi connectivity index (χ1v) is 17.6. The van der Waals surface area contributed by atoms with Gasteiger partial charge in [0.25, 0.3) is 0 Å². The molecule has 0 aliphatic rings. The molecule has 0 saturated carbocycles. The summed E-state index contributed by atoms with van der Waals surface area (Å²) in [5, 5.41) is 12.2. The minimum absolute atomic E-state index is 0.0841. The molecule has 250 valence electrons. The molecule has 1 aromatic heterocycles. The fraction of sp³-hybridized carbons (Fsp3) is 0.553. The fourth-order valence-electron chi connectivity index (χ4n) is 5.80. The number of aromatic hydroxyl groups is 1. The van der Waals surface area contributed by atoms with Gasteiger partial charge >= 0.3 is 0 Å². The Balaban J connectivity index is 2.10. The van der Waals surface area contributed by atoms with Gasteiger partial charge in [-0.3, -0.25) is 4.79 Å². The van der Waals surface area contributed by atoms with E-state index in [1.165, 1.54) is 51.2 Å². The Morgan fingerprint density at radius 3 is 1.74 bits per heavy atom. The van der Waals surface area contributed by atoms with Gasteiger partial charge < -0.3 is 23.7 Å². The zero-order valence-corrected chi connectivity index (χ0v) is 29.6. The minimum Gasteiger partial charge on any atom is -0.507 e. The third-order valence-corrected chi connectivity index (χ3v) is 8.45. The van der Waals surface area contributed by atoms with Gasteiger partial charge in [0.05, 0.1) is 25.7 Å². The van der Waals surface area contributed by atoms with Crippen LogP contribution in [0.1, 0.15) is 103 Å². The van der Waals surface area contributed by atoms with E-state index in [9.17, 15) is 9.90 Å². The predicted molar refractivity (Wildman–Crippen MR) is 198 cm³/mol. The topological polar surface area (TPSA) is 78.1 Å². The van der Waals surface area contributed by atoms with E-state index in [4.69, 9.17) is 18.6 Å². The summed E-state index contributed by atoms with van der Waals surface area (Å²) in [6.07, 6.45) is 18.9. The number of phenolic OH excluding ortho intramolecular Hbond substituents is 1. The van der Waals surface area contributed by atoms with Gasteiger partial charge in [-0.25, -0.2) is 0 Å². The van der Waals surface area contributed by atoms with Crippen LogP contribution in [0.5, 0.6) is 23.0 Å². The number of fused-ring (bicyclic) bond motifs is 2. The third kappa shape index (κ3) is 10.4. The standard InChI is InChI=1S/C38H56B2O6/c1-26(2)16-18-28-30(44-22-14-10-6-8-12-20-39)24-32-35(36(28)41)37(42)34-29(19-17-27(3)4)38(43-5)33(25-31(34)46-32)45-23-15-11-7-9-13-21-40/h16-17,24-25,41H,6-15,18-23,39-40H2,1-5H3. The minimum atomic E-state index is -0.285. The summed E-state index contributed by atoms with van der Waals surface area (Å²) in [7, 11) is 6.05. The molecule has 0 aliphatic heterocycles. The lowest BCUT2D eigenvalue weighted by molar-refractivity contribution is 0.284. The van der Waals surface area contributed by atoms with Crippen LogP contribution in [-0.2, 0) is 12.8 Å². The summed E-state index contributed by atoms with van der Waals surface area (Å²) in [5.74, 6) is 1.56. The van der Waals surface area contributed by atoms with Crippen LogP contribution in [0.4, 0.5) is 0 Å². The second-order valence-electron chi connectivity index (χ2n) is 13.0. The Bertz CT molecular complexity index is 1530. The molecule has 0 bridgehead atoms. The molecule has 0 unspecified atom stereocenters. The number of rotatable bonds is 21. The molecular formula is C38H56B2O6. The normalized spacial score (nSPS) is 11.2. The average Bonchev–Trinajstić information content (AvgIpc) is 3.01. The Morgan fingerprint density at radius 1 is 0.717 bits per heavy atom. The van der Waals surface area contributed by atoms with E-state index >= 15 is 0 Å². The van der Waals surface area contributed by atoms with Gasteiger partial charge in [-0.05, 0) is 53.4 Å². The number of hydrogen-bond acceptors (Lipinski definition) is 6. The van der Waals surface area contributed by atoms with Crippen molar-refractivity contribution in [3.05, 3.63) is 56.8 Å². The molecule has 0 amide bonds. The van der Waals surface area contributed by atoms with Gasteiger partial charge in [0.15, 0.2) is 11.5 Å². The lowest BCUT2D eigenvalue weighted by Gasteiger charge is -2.18. The van der Waals surface area contributed by atoms with E-state index in [0.29, 0.717) is 71.0 Å². The van der Waals surface area contributed by atoms with Crippen molar-refractivity contribution < 1.29 is 23.7 Å². The van der Waals surface area contributed by atoms with E-state index in [2.05, 4.69) is 21.8 Å². The lowest BCUT2D eigenvalue weighted by Crippen LogP contribution is -2.10. The van der Waals surface area contributed by atoms with Crippen LogP contribution in [0.2, 0.25) is 12.6 Å². The molecule has 1 N–H and O–H groups in total. The molecule has 0 aliphatic carbocycles. The maximum atomic E-state index is 14.3. The Kier molecular flexibility index (Phi) is 15.7. The molecule has 6 nitrogen and oxygen atoms in total. The summed E-state index contributed by atoms with van der Waals surface area (Å²) in [4.78, 5) is 14.3. The van der Waals surface area contributed by atoms with Crippen LogP contribution in [0.3, 0.4) is 0 Å². The van der Waals surface area contributed by atoms with Crippen molar-refractivity contribution in [2.24, 2.45) is 0 Å². The maximum Gasteiger partial charge on any atom is 0.204 e. The van der Waals surface area contributed by atoms with E-state index in [1.54, 1.807) is 19.2 Å². The van der Waals surface area contributed by atoms with Crippen molar-refractivity contribution >= 4 is 37.6 Å². The molecule has 0 spiro atoms. The van der Waals surface area contributed by atoms with Crippen LogP contribution >= 0.6 is 0 Å². The monoisotopic (exact) mass is 630 g/mol. The number of methoxy groups -OCH3 is 1. The first kappa shape index (κ1) is 37.2. The molecular weight excluding hydrogens is 574 g/mol. The highest BCUT2D eigenvalue weighted by atomic mass is 16.5. The van der Waals surface area contributed by atoms with Gasteiger partial charge in [0.2, 0.25) is 5.43 Å². The molecule has 3 aromatic rings. The second kappa shape index (κ2) is 19.4. The molecule has 8 heteroatoms. The zero-order valence-electron chi connectivity index (χ0n) is 29.6. The first-order valence-electron chi connectivity index (χ1n) is 17.6. The number of hydrogen-bond donors (Lipinski definition) is 1. The Hall–Kier alpha value is -3.28. The van der Waals surface area contributed by atoms with Gasteiger partial charge in [-0.15, -0.1) is 0 Å². The van der Waals surface area contributed by atoms with Crippen molar-refractivity contribution in [1.82, 2.24) is 0 Å². The van der Waals surface area contributed by atoms with Crippen LogP contribution in [0.15, 0.2) is 44.6 Å². The van der Waals surface area contributed by atoms with Crippen molar-refractivity contribution in [3.63, 3.8) is 0 Å². The summed E-state index contributed by atoms with van der Waals surface area (Å²) in [6, 6.07) is 3.54. The van der Waals surface area contributed by atoms with Crippen molar-refractivity contribution in [2.75, 3.05) is 20.3 Å². The molecule has 3 rings (SSSR count). The van der Waals surface area contributed by atoms with Crippen molar-refractivity contribution in [3.8, 4) is 23.0 Å². The van der Waals surface area contributed by atoms with Crippen LogP contribution < -0.4 is 19.6 Å². The lowest BCUT2D eigenvalue weighted by atomic mass is 9.98. The number of benzene rings is 2. The van der Waals surface area contributed by atoms with Crippen molar-refractivity contribution in [1.29, 1.82) is 0 Å². The Labute approximate surface area is 278 Å². The molecule has 2 aromatic carbocycles. The van der Waals surface area contributed by atoms with Crippen molar-refractivity contribution in [2.45, 2.75) is 117 Å². The first-order chi connectivity index (χ1) is 22.2. The van der Waals surface area contributed by atoms with Crippen LogP contribution in [0, 0.1) is 0 Å². The number of unbranched alkanes of at least 4 members (excludes halogenated alkanes) is 8. The average molecular weight is 630 g/mol. The zero-order chi connectivity index (χ0) is 33.5. The van der Waals surface area contributed by atoms with E-state index in [0.717, 1.165) is 36.8 Å². The van der Waals surface area contributed by atoms with Gasteiger partial charge in [0, 0.05) is 23.3 Å². The molecule has 0 saturated heterocycles. The molecule has 0 radical (unpaired) electrons. The number of phenols is 1. The van der Waals surface area contributed by atoms with Crippen LogP contribution in [-0.4, -0.2) is 41.1 Å². The second-order valence-corrected chi connectivity index (χ2v) is 13.0. The summed E-state index contributed by atoms with van der Waals surface area (Å²) in [5.41, 5.74) is 3.96. The highest BCUT2D eigenvalue weighted by molar-refractivity contribution is 6.08. The number of allylic oxidation sites excluding steroid dienone is 4. The SMILES string of the molecule is BCCCCCCCOc1cc2oc3cc(OCCCCCCCB)c(OC)c(CC=C(C)C)c3c(=O)c2c(O)c1CC=C(C)C. The van der Waals surface area contributed by atoms with Gasteiger partial charge in [-0.2, -0.15) is 0 Å². The van der Waals surface area contributed by atoms with Gasteiger partial charge in [0.1, 0.15) is 43.7 Å².